The summed E-state index contributed by atoms with van der Waals surface area (Å²) in [4.78, 5) is 0. The number of aryl methyl sites for hydroxylation is 3. The van der Waals surface area contributed by atoms with Crippen molar-refractivity contribution in [2.45, 2.75) is 20.8 Å². The van der Waals surface area contributed by atoms with Crippen LogP contribution in [0.2, 0.25) is 0 Å². The highest BCUT2D eigenvalue weighted by Crippen LogP contribution is 2.47. The molecular weight excluding hydrogens is 466 g/mol. The maximum absolute atomic E-state index is 6.44. The van der Waals surface area contributed by atoms with Gasteiger partial charge in [0.1, 0.15) is 5.58 Å². The van der Waals surface area contributed by atoms with Crippen LogP contribution in [0, 0.1) is 20.8 Å². The lowest BCUT2D eigenvalue weighted by Crippen LogP contribution is -1.93. The summed E-state index contributed by atoms with van der Waals surface area (Å²) < 4.78 is 14.1. The second-order valence-corrected chi connectivity index (χ2v) is 11.8. The average molecular weight is 488 g/mol. The van der Waals surface area contributed by atoms with E-state index in [1.807, 2.05) is 22.7 Å². The van der Waals surface area contributed by atoms with Crippen molar-refractivity contribution in [3.05, 3.63) is 89.5 Å². The quantitative estimate of drug-likeness (QED) is 0.225. The van der Waals surface area contributed by atoms with Gasteiger partial charge in [0.15, 0.2) is 5.58 Å². The first-order valence-corrected chi connectivity index (χ1v) is 13.5. The molecule has 0 bridgehead atoms. The van der Waals surface area contributed by atoms with Crippen LogP contribution >= 0.6 is 22.7 Å². The lowest BCUT2D eigenvalue weighted by molar-refractivity contribution is 0.673. The number of rotatable bonds is 1. The van der Waals surface area contributed by atoms with E-state index in [1.54, 1.807) is 0 Å². The monoisotopic (exact) mass is 487 g/mol. The lowest BCUT2D eigenvalue weighted by atomic mass is 10.1. The summed E-state index contributed by atoms with van der Waals surface area (Å²) in [5.74, 6) is 0. The Labute approximate surface area is 209 Å². The zero-order valence-electron chi connectivity index (χ0n) is 19.6. The van der Waals surface area contributed by atoms with E-state index in [2.05, 4.69) is 98.1 Å². The molecule has 0 saturated carbocycles. The Morgan fingerprint density at radius 2 is 1.29 bits per heavy atom. The van der Waals surface area contributed by atoms with Crippen LogP contribution in [0.15, 0.2) is 77.2 Å². The van der Waals surface area contributed by atoms with E-state index in [-0.39, 0.29) is 0 Å². The van der Waals surface area contributed by atoms with E-state index in [4.69, 9.17) is 4.42 Å². The molecule has 0 aliphatic rings. The van der Waals surface area contributed by atoms with Crippen molar-refractivity contribution in [1.29, 1.82) is 0 Å². The summed E-state index contributed by atoms with van der Waals surface area (Å²) in [5, 5.41) is 5.04. The second kappa shape index (κ2) is 6.75. The number of nitrogens with zero attached hydrogens (tertiary/aromatic N) is 1. The predicted octanol–water partition coefficient (Wildman–Crippen LogP) is 10.0. The molecule has 0 saturated heterocycles. The number of thiophene rings is 2. The minimum atomic E-state index is 0.976. The summed E-state index contributed by atoms with van der Waals surface area (Å²) >= 11 is 3.75. The van der Waals surface area contributed by atoms with Gasteiger partial charge in [-0.05, 0) is 74.4 Å². The highest BCUT2D eigenvalue weighted by Gasteiger charge is 2.21. The van der Waals surface area contributed by atoms with Crippen LogP contribution in [0.5, 0.6) is 0 Å². The van der Waals surface area contributed by atoms with Crippen molar-refractivity contribution in [3.8, 4) is 5.69 Å². The van der Waals surface area contributed by atoms with Gasteiger partial charge in [-0.2, -0.15) is 0 Å². The van der Waals surface area contributed by atoms with Crippen molar-refractivity contribution in [2.75, 3.05) is 0 Å². The molecule has 168 valence electrons. The zero-order chi connectivity index (χ0) is 23.4. The molecule has 4 heteroatoms. The van der Waals surface area contributed by atoms with Gasteiger partial charge < -0.3 is 8.98 Å². The highest BCUT2D eigenvalue weighted by molar-refractivity contribution is 7.27. The van der Waals surface area contributed by atoms with E-state index in [9.17, 15) is 0 Å². The molecule has 8 rings (SSSR count). The standard InChI is InChI=1S/C31H21NOS2/c1-16-4-8-19(9-5-16)32-24-14-23-27(35-31-20-10-6-17(2)12-25(20)33-29(23)31)15-22(24)30-28(32)21-11-7-18(3)13-26(21)34-30/h4-15H,1-3H3. The SMILES string of the molecule is Cc1ccc(-n2c3cc4c(cc3c3sc5cc(C)ccc5c32)sc2c3ccc(C)cc3oc42)cc1. The van der Waals surface area contributed by atoms with Crippen molar-refractivity contribution in [1.82, 2.24) is 4.57 Å². The Balaban J connectivity index is 1.56. The van der Waals surface area contributed by atoms with Gasteiger partial charge in [0.25, 0.3) is 0 Å². The third kappa shape index (κ3) is 2.64. The number of aromatic nitrogens is 1. The van der Waals surface area contributed by atoms with Crippen molar-refractivity contribution in [3.63, 3.8) is 0 Å². The van der Waals surface area contributed by atoms with Crippen molar-refractivity contribution >= 4 is 85.2 Å². The molecule has 4 aromatic heterocycles. The molecule has 0 atom stereocenters. The predicted molar refractivity (Wildman–Crippen MR) is 153 cm³/mol. The number of benzene rings is 4. The third-order valence-electron chi connectivity index (χ3n) is 7.18. The molecule has 0 spiro atoms. The van der Waals surface area contributed by atoms with Gasteiger partial charge in [0.2, 0.25) is 0 Å². The number of hydrogen-bond donors (Lipinski definition) is 0. The van der Waals surface area contributed by atoms with Crippen LogP contribution in [0.3, 0.4) is 0 Å². The largest absolute Gasteiger partial charge is 0.454 e. The molecule has 0 N–H and O–H groups in total. The Hall–Kier alpha value is -3.60. The third-order valence-corrected chi connectivity index (χ3v) is 9.52. The first-order chi connectivity index (χ1) is 17.0. The molecule has 0 fully saturated rings. The van der Waals surface area contributed by atoms with Crippen LogP contribution in [0.1, 0.15) is 16.7 Å². The van der Waals surface area contributed by atoms with E-state index in [0.29, 0.717) is 0 Å². The van der Waals surface area contributed by atoms with Gasteiger partial charge in [-0.3, -0.25) is 0 Å². The van der Waals surface area contributed by atoms with Gasteiger partial charge >= 0.3 is 0 Å². The van der Waals surface area contributed by atoms with Gasteiger partial charge in [-0.25, -0.2) is 0 Å². The molecule has 0 aliphatic carbocycles. The molecule has 8 aromatic rings. The minimum Gasteiger partial charge on any atom is -0.454 e. The summed E-state index contributed by atoms with van der Waals surface area (Å²) in [6, 6.07) is 27.0. The number of furan rings is 1. The van der Waals surface area contributed by atoms with Crippen molar-refractivity contribution < 1.29 is 4.42 Å². The topological polar surface area (TPSA) is 18.1 Å². The highest BCUT2D eigenvalue weighted by atomic mass is 32.1. The van der Waals surface area contributed by atoms with Crippen LogP contribution < -0.4 is 0 Å². The zero-order valence-corrected chi connectivity index (χ0v) is 21.2. The molecule has 0 amide bonds. The van der Waals surface area contributed by atoms with E-state index in [1.165, 1.54) is 73.8 Å². The Morgan fingerprint density at radius 1 is 0.600 bits per heavy atom. The average Bonchev–Trinajstić information content (AvgIpc) is 3.55. The molecule has 35 heavy (non-hydrogen) atoms. The normalized spacial score (nSPS) is 12.4. The Bertz CT molecular complexity index is 2130. The lowest BCUT2D eigenvalue weighted by Gasteiger charge is -2.09. The maximum Gasteiger partial charge on any atom is 0.154 e. The Kier molecular flexibility index (Phi) is 3.79. The van der Waals surface area contributed by atoms with Crippen LogP contribution in [0.4, 0.5) is 0 Å². The molecule has 2 nitrogen and oxygen atoms in total. The summed E-state index contributed by atoms with van der Waals surface area (Å²) in [6.07, 6.45) is 0. The fourth-order valence-electron chi connectivity index (χ4n) is 5.44. The van der Waals surface area contributed by atoms with E-state index < -0.39 is 0 Å². The first kappa shape index (κ1) is 19.7. The first-order valence-electron chi connectivity index (χ1n) is 11.8. The van der Waals surface area contributed by atoms with E-state index in [0.717, 1.165) is 11.2 Å². The van der Waals surface area contributed by atoms with Crippen molar-refractivity contribution in [2.24, 2.45) is 0 Å². The second-order valence-electron chi connectivity index (χ2n) is 9.68. The molecule has 0 radical (unpaired) electrons. The molecule has 4 aromatic carbocycles. The molecular formula is C31H21NOS2. The fourth-order valence-corrected chi connectivity index (χ4v) is 7.94. The molecule has 0 unspecified atom stereocenters. The molecule has 0 aliphatic heterocycles. The smallest absolute Gasteiger partial charge is 0.154 e. The van der Waals surface area contributed by atoms with Crippen LogP contribution in [-0.4, -0.2) is 4.57 Å². The summed E-state index contributed by atoms with van der Waals surface area (Å²) in [6.45, 7) is 6.43. The fraction of sp³-hybridized carbons (Fsp3) is 0.0968. The van der Waals surface area contributed by atoms with Gasteiger partial charge in [0, 0.05) is 36.6 Å². The van der Waals surface area contributed by atoms with Crippen LogP contribution in [0.25, 0.3) is 68.2 Å². The van der Waals surface area contributed by atoms with Gasteiger partial charge in [0.05, 0.1) is 20.4 Å². The Morgan fingerprint density at radius 3 is 2.11 bits per heavy atom. The van der Waals surface area contributed by atoms with Gasteiger partial charge in [-0.15, -0.1) is 22.7 Å². The summed E-state index contributed by atoms with van der Waals surface area (Å²) in [5.41, 5.74) is 9.52. The van der Waals surface area contributed by atoms with Gasteiger partial charge in [-0.1, -0.05) is 35.9 Å². The number of fused-ring (bicyclic) bond motifs is 10. The number of hydrogen-bond acceptors (Lipinski definition) is 3. The minimum absolute atomic E-state index is 0.976. The van der Waals surface area contributed by atoms with E-state index >= 15 is 0 Å². The molecule has 4 heterocycles. The van der Waals surface area contributed by atoms with Crippen LogP contribution in [-0.2, 0) is 0 Å². The maximum atomic E-state index is 6.44. The summed E-state index contributed by atoms with van der Waals surface area (Å²) in [7, 11) is 0.